The van der Waals surface area contributed by atoms with Crippen LogP contribution in [0, 0.1) is 0 Å². The Labute approximate surface area is 198 Å². The second-order valence-electron chi connectivity index (χ2n) is 7.50. The van der Waals surface area contributed by atoms with Gasteiger partial charge in [-0.25, -0.2) is 8.42 Å². The van der Waals surface area contributed by atoms with E-state index in [9.17, 15) is 13.2 Å². The Bertz CT molecular complexity index is 1050. The van der Waals surface area contributed by atoms with Crippen LogP contribution >= 0.6 is 23.2 Å². The van der Waals surface area contributed by atoms with Gasteiger partial charge in [0, 0.05) is 12.1 Å². The van der Waals surface area contributed by atoms with Crippen molar-refractivity contribution in [2.24, 2.45) is 0 Å². The van der Waals surface area contributed by atoms with Gasteiger partial charge in [-0.15, -0.1) is 0 Å². The third-order valence-corrected chi connectivity index (χ3v) is 7.99. The van der Waals surface area contributed by atoms with Gasteiger partial charge in [0.2, 0.25) is 15.9 Å². The smallest absolute Gasteiger partial charge is 0.243 e. The van der Waals surface area contributed by atoms with Crippen molar-refractivity contribution < 1.29 is 22.7 Å². The van der Waals surface area contributed by atoms with E-state index in [1.54, 1.807) is 18.2 Å². The maximum Gasteiger partial charge on any atom is 0.243 e. The SMILES string of the molecule is COc1ccc(S(=O)(=O)N(CC(=O)Nc2c(Cl)cccc2Cl)C2CCCCC2)cc1OC. The number of nitrogens with one attached hydrogen (secondary N) is 1. The van der Waals surface area contributed by atoms with E-state index in [1.807, 2.05) is 0 Å². The monoisotopic (exact) mass is 500 g/mol. The van der Waals surface area contributed by atoms with E-state index in [1.165, 1.54) is 36.7 Å². The Balaban J connectivity index is 1.92. The first kappa shape index (κ1) is 24.6. The summed E-state index contributed by atoms with van der Waals surface area (Å²) >= 11 is 12.3. The lowest BCUT2D eigenvalue weighted by Crippen LogP contribution is -2.45. The fraction of sp³-hybridized carbons (Fsp3) is 0.409. The zero-order chi connectivity index (χ0) is 23.3. The predicted molar refractivity (Wildman–Crippen MR) is 125 cm³/mol. The van der Waals surface area contributed by atoms with E-state index in [4.69, 9.17) is 32.7 Å². The molecule has 0 bridgehead atoms. The van der Waals surface area contributed by atoms with E-state index in [0.717, 1.165) is 19.3 Å². The van der Waals surface area contributed by atoms with Crippen LogP contribution in [0.25, 0.3) is 0 Å². The molecule has 1 N–H and O–H groups in total. The molecule has 0 unspecified atom stereocenters. The second kappa shape index (κ2) is 10.7. The van der Waals surface area contributed by atoms with Gasteiger partial charge in [0.1, 0.15) is 0 Å². The molecule has 7 nitrogen and oxygen atoms in total. The number of benzene rings is 2. The molecule has 0 saturated heterocycles. The molecular formula is C22H26Cl2N2O5S. The summed E-state index contributed by atoms with van der Waals surface area (Å²) in [5, 5.41) is 3.21. The van der Waals surface area contributed by atoms with E-state index >= 15 is 0 Å². The maximum atomic E-state index is 13.6. The lowest BCUT2D eigenvalue weighted by atomic mass is 9.95. The molecule has 0 atom stereocenters. The van der Waals surface area contributed by atoms with Crippen molar-refractivity contribution in [3.63, 3.8) is 0 Å². The van der Waals surface area contributed by atoms with Gasteiger partial charge in [0.05, 0.1) is 41.4 Å². The van der Waals surface area contributed by atoms with Crippen molar-refractivity contribution in [3.05, 3.63) is 46.4 Å². The molecule has 1 fully saturated rings. The van der Waals surface area contributed by atoms with Gasteiger partial charge in [0.25, 0.3) is 0 Å². The number of methoxy groups -OCH3 is 2. The molecule has 0 aliphatic heterocycles. The number of amides is 1. The number of ether oxygens (including phenoxy) is 2. The van der Waals surface area contributed by atoms with E-state index < -0.39 is 15.9 Å². The fourth-order valence-electron chi connectivity index (χ4n) is 3.83. The molecule has 0 heterocycles. The number of carbonyl (C=O) groups excluding carboxylic acids is 1. The number of hydrogen-bond donors (Lipinski definition) is 1. The van der Waals surface area contributed by atoms with Gasteiger partial charge in [-0.05, 0) is 37.1 Å². The molecule has 0 aromatic heterocycles. The van der Waals surface area contributed by atoms with Crippen molar-refractivity contribution in [1.29, 1.82) is 0 Å². The molecular weight excluding hydrogens is 475 g/mol. The Morgan fingerprint density at radius 2 is 1.66 bits per heavy atom. The maximum absolute atomic E-state index is 13.6. The molecule has 32 heavy (non-hydrogen) atoms. The standard InChI is InChI=1S/C22H26Cl2N2O5S/c1-30-19-12-11-16(13-20(19)31-2)32(28,29)26(15-7-4-3-5-8-15)14-21(27)25-22-17(23)9-6-10-18(22)24/h6,9-13,15H,3-5,7-8,14H2,1-2H3,(H,25,27). The molecule has 0 radical (unpaired) electrons. The van der Waals surface area contributed by atoms with Crippen LogP contribution in [-0.4, -0.2) is 45.4 Å². The summed E-state index contributed by atoms with van der Waals surface area (Å²) in [7, 11) is -1.08. The van der Waals surface area contributed by atoms with Crippen LogP contribution in [0.5, 0.6) is 11.5 Å². The van der Waals surface area contributed by atoms with Crippen molar-refractivity contribution >= 4 is 44.8 Å². The third-order valence-electron chi connectivity index (χ3n) is 5.47. The minimum absolute atomic E-state index is 0.0318. The summed E-state index contributed by atoms with van der Waals surface area (Å²) in [6.07, 6.45) is 4.22. The van der Waals surface area contributed by atoms with Crippen LogP contribution in [0.4, 0.5) is 5.69 Å². The van der Waals surface area contributed by atoms with Gasteiger partial charge >= 0.3 is 0 Å². The molecule has 0 spiro atoms. The number of carbonyl (C=O) groups is 1. The minimum Gasteiger partial charge on any atom is -0.493 e. The average molecular weight is 501 g/mol. The first-order chi connectivity index (χ1) is 15.3. The van der Waals surface area contributed by atoms with E-state index in [0.29, 0.717) is 24.3 Å². The van der Waals surface area contributed by atoms with Gasteiger partial charge in [0.15, 0.2) is 11.5 Å². The zero-order valence-electron chi connectivity index (χ0n) is 17.9. The summed E-state index contributed by atoms with van der Waals surface area (Å²) < 4.78 is 39.0. The Morgan fingerprint density at radius 3 is 2.25 bits per heavy atom. The number of hydrogen-bond acceptors (Lipinski definition) is 5. The first-order valence-electron chi connectivity index (χ1n) is 10.3. The van der Waals surface area contributed by atoms with Crippen LogP contribution in [-0.2, 0) is 14.8 Å². The molecule has 10 heteroatoms. The molecule has 1 aliphatic carbocycles. The van der Waals surface area contributed by atoms with Crippen LogP contribution in [0.3, 0.4) is 0 Å². The highest BCUT2D eigenvalue weighted by atomic mass is 35.5. The van der Waals surface area contributed by atoms with Crippen molar-refractivity contribution in [2.75, 3.05) is 26.1 Å². The van der Waals surface area contributed by atoms with Crippen LogP contribution in [0.1, 0.15) is 32.1 Å². The third kappa shape index (κ3) is 5.49. The number of nitrogens with zero attached hydrogens (tertiary/aromatic N) is 1. The number of halogens is 2. The predicted octanol–water partition coefficient (Wildman–Crippen LogP) is 4.97. The summed E-state index contributed by atoms with van der Waals surface area (Å²) in [4.78, 5) is 12.9. The topological polar surface area (TPSA) is 84.9 Å². The van der Waals surface area contributed by atoms with Crippen molar-refractivity contribution in [2.45, 2.75) is 43.0 Å². The molecule has 3 rings (SSSR count). The van der Waals surface area contributed by atoms with Crippen LogP contribution < -0.4 is 14.8 Å². The Morgan fingerprint density at radius 1 is 1.03 bits per heavy atom. The summed E-state index contributed by atoms with van der Waals surface area (Å²) in [5.41, 5.74) is 0.257. The van der Waals surface area contributed by atoms with Gasteiger partial charge < -0.3 is 14.8 Å². The summed E-state index contributed by atoms with van der Waals surface area (Å²) in [6.45, 7) is -0.358. The molecule has 2 aromatic rings. The van der Waals surface area contributed by atoms with Crippen LogP contribution in [0.15, 0.2) is 41.3 Å². The molecule has 174 valence electrons. The number of anilines is 1. The average Bonchev–Trinajstić information content (AvgIpc) is 2.80. The molecule has 1 amide bonds. The van der Waals surface area contributed by atoms with E-state index in [-0.39, 0.29) is 33.2 Å². The number of para-hydroxylation sites is 1. The lowest BCUT2D eigenvalue weighted by molar-refractivity contribution is -0.116. The van der Waals surface area contributed by atoms with Gasteiger partial charge in [-0.1, -0.05) is 48.5 Å². The fourth-order valence-corrected chi connectivity index (χ4v) is 5.98. The first-order valence-corrected chi connectivity index (χ1v) is 12.4. The zero-order valence-corrected chi connectivity index (χ0v) is 20.3. The quantitative estimate of drug-likeness (QED) is 0.552. The van der Waals surface area contributed by atoms with Crippen molar-refractivity contribution in [1.82, 2.24) is 4.31 Å². The van der Waals surface area contributed by atoms with Crippen LogP contribution in [0.2, 0.25) is 10.0 Å². The number of sulfonamides is 1. The normalized spacial score (nSPS) is 14.9. The highest BCUT2D eigenvalue weighted by Crippen LogP contribution is 2.34. The van der Waals surface area contributed by atoms with Gasteiger partial charge in [-0.2, -0.15) is 4.31 Å². The Kier molecular flexibility index (Phi) is 8.27. The second-order valence-corrected chi connectivity index (χ2v) is 10.2. The van der Waals surface area contributed by atoms with Crippen molar-refractivity contribution in [3.8, 4) is 11.5 Å². The highest BCUT2D eigenvalue weighted by Gasteiger charge is 2.34. The summed E-state index contributed by atoms with van der Waals surface area (Å²) in [5.74, 6) is 0.195. The molecule has 1 aliphatic rings. The minimum atomic E-state index is -3.99. The lowest BCUT2D eigenvalue weighted by Gasteiger charge is -2.33. The highest BCUT2D eigenvalue weighted by molar-refractivity contribution is 7.89. The summed E-state index contributed by atoms with van der Waals surface area (Å²) in [6, 6.07) is 8.98. The Hall–Kier alpha value is -2.00. The van der Waals surface area contributed by atoms with E-state index in [2.05, 4.69) is 5.32 Å². The molecule has 2 aromatic carbocycles. The molecule has 1 saturated carbocycles. The number of rotatable bonds is 8. The largest absolute Gasteiger partial charge is 0.493 e. The van der Waals surface area contributed by atoms with Gasteiger partial charge in [-0.3, -0.25) is 4.79 Å².